The number of halogens is 1. The molecular formula is C21H26ClN3O5S. The molecule has 3 rings (SSSR count). The molecule has 1 fully saturated rings. The van der Waals surface area contributed by atoms with E-state index in [1.807, 2.05) is 0 Å². The Balaban J connectivity index is 1.83. The molecular weight excluding hydrogens is 442 g/mol. The third-order valence-electron chi connectivity index (χ3n) is 5.32. The first kappa shape index (κ1) is 23.3. The van der Waals surface area contributed by atoms with E-state index < -0.39 is 16.1 Å². The number of carbonyl (C=O) groups excluding carboxylic acids is 2. The standard InChI is InChI=1S/C21H26ClN3O5S/c1-3-24(4-2)31(28,29)19-14-15(10-11-16(19)22)23-20(26)17-8-5-6-12-25(17)21(27)18-9-7-13-30-18/h7,9-11,13-14,17H,3-6,8,12H2,1-2H3,(H,23,26). The van der Waals surface area contributed by atoms with Crippen molar-refractivity contribution in [3.05, 3.63) is 47.4 Å². The molecule has 168 valence electrons. The Hall–Kier alpha value is -2.36. The number of sulfonamides is 1. The number of amides is 2. The predicted molar refractivity (Wildman–Crippen MR) is 118 cm³/mol. The van der Waals surface area contributed by atoms with Crippen LogP contribution in [0.1, 0.15) is 43.7 Å². The average Bonchev–Trinajstić information content (AvgIpc) is 3.30. The first-order valence-corrected chi connectivity index (χ1v) is 12.1. The van der Waals surface area contributed by atoms with Gasteiger partial charge in [-0.3, -0.25) is 9.59 Å². The molecule has 1 N–H and O–H groups in total. The van der Waals surface area contributed by atoms with Crippen LogP contribution in [-0.2, 0) is 14.8 Å². The van der Waals surface area contributed by atoms with Crippen molar-refractivity contribution in [2.75, 3.05) is 25.0 Å². The van der Waals surface area contributed by atoms with Gasteiger partial charge in [0.05, 0.1) is 11.3 Å². The second kappa shape index (κ2) is 9.84. The minimum absolute atomic E-state index is 0.0668. The summed E-state index contributed by atoms with van der Waals surface area (Å²) in [6.45, 7) is 4.54. The van der Waals surface area contributed by atoms with Crippen molar-refractivity contribution in [3.8, 4) is 0 Å². The summed E-state index contributed by atoms with van der Waals surface area (Å²) in [5.74, 6) is -0.544. The van der Waals surface area contributed by atoms with Crippen LogP contribution >= 0.6 is 11.6 Å². The van der Waals surface area contributed by atoms with Crippen LogP contribution < -0.4 is 5.32 Å². The number of rotatable bonds is 7. The van der Waals surface area contributed by atoms with Crippen LogP contribution in [0, 0.1) is 0 Å². The van der Waals surface area contributed by atoms with E-state index >= 15 is 0 Å². The fourth-order valence-corrected chi connectivity index (χ4v) is 5.65. The number of nitrogens with one attached hydrogen (secondary N) is 1. The topological polar surface area (TPSA) is 99.9 Å². The summed E-state index contributed by atoms with van der Waals surface area (Å²) in [6, 6.07) is 6.86. The molecule has 0 bridgehead atoms. The van der Waals surface area contributed by atoms with E-state index in [0.717, 1.165) is 12.8 Å². The van der Waals surface area contributed by atoms with Gasteiger partial charge in [0.1, 0.15) is 10.9 Å². The normalized spacial score (nSPS) is 17.0. The number of piperidine rings is 1. The lowest BCUT2D eigenvalue weighted by atomic mass is 10.0. The van der Waals surface area contributed by atoms with Gasteiger partial charge in [-0.2, -0.15) is 4.31 Å². The summed E-state index contributed by atoms with van der Waals surface area (Å²) in [4.78, 5) is 27.2. The van der Waals surface area contributed by atoms with Gasteiger partial charge in [-0.25, -0.2) is 8.42 Å². The molecule has 1 aromatic carbocycles. The molecule has 1 aliphatic heterocycles. The smallest absolute Gasteiger partial charge is 0.290 e. The molecule has 0 saturated carbocycles. The molecule has 31 heavy (non-hydrogen) atoms. The Bertz CT molecular complexity index is 1040. The van der Waals surface area contributed by atoms with Gasteiger partial charge in [0.15, 0.2) is 5.76 Å². The van der Waals surface area contributed by atoms with Crippen molar-refractivity contribution in [1.29, 1.82) is 0 Å². The molecule has 10 heteroatoms. The van der Waals surface area contributed by atoms with Crippen LogP contribution in [0.4, 0.5) is 5.69 Å². The van der Waals surface area contributed by atoms with Crippen molar-refractivity contribution >= 4 is 39.1 Å². The SMILES string of the molecule is CCN(CC)S(=O)(=O)c1cc(NC(=O)C2CCCCN2C(=O)c2ccco2)ccc1Cl. The predicted octanol–water partition coefficient (Wildman–Crippen LogP) is 3.60. The Morgan fingerprint density at radius 3 is 2.61 bits per heavy atom. The van der Waals surface area contributed by atoms with E-state index in [1.165, 1.54) is 27.6 Å². The monoisotopic (exact) mass is 467 g/mol. The largest absolute Gasteiger partial charge is 0.459 e. The third-order valence-corrected chi connectivity index (χ3v) is 7.85. The minimum Gasteiger partial charge on any atom is -0.459 e. The molecule has 2 heterocycles. The second-order valence-electron chi connectivity index (χ2n) is 7.21. The molecule has 2 aromatic rings. The van der Waals surface area contributed by atoms with Gasteiger partial charge >= 0.3 is 0 Å². The van der Waals surface area contributed by atoms with E-state index in [1.54, 1.807) is 32.0 Å². The summed E-state index contributed by atoms with van der Waals surface area (Å²) in [6.07, 6.45) is 3.53. The van der Waals surface area contributed by atoms with Gasteiger partial charge in [0.25, 0.3) is 5.91 Å². The highest BCUT2D eigenvalue weighted by molar-refractivity contribution is 7.89. The molecule has 1 aromatic heterocycles. The number of furan rings is 1. The van der Waals surface area contributed by atoms with Crippen molar-refractivity contribution in [1.82, 2.24) is 9.21 Å². The summed E-state index contributed by atoms with van der Waals surface area (Å²) in [5.41, 5.74) is 0.302. The van der Waals surface area contributed by atoms with Crippen molar-refractivity contribution in [3.63, 3.8) is 0 Å². The number of carbonyl (C=O) groups is 2. The number of hydrogen-bond acceptors (Lipinski definition) is 5. The molecule has 1 saturated heterocycles. The summed E-state index contributed by atoms with van der Waals surface area (Å²) in [7, 11) is -3.80. The van der Waals surface area contributed by atoms with Gasteiger partial charge in [-0.05, 0) is 49.6 Å². The molecule has 1 aliphatic rings. The number of likely N-dealkylation sites (tertiary alicyclic amines) is 1. The van der Waals surface area contributed by atoms with Crippen LogP contribution in [0.2, 0.25) is 5.02 Å². The molecule has 1 unspecified atom stereocenters. The first-order valence-electron chi connectivity index (χ1n) is 10.2. The highest BCUT2D eigenvalue weighted by Gasteiger charge is 2.34. The molecule has 1 atom stereocenters. The van der Waals surface area contributed by atoms with Crippen LogP contribution in [-0.4, -0.2) is 55.1 Å². The van der Waals surface area contributed by atoms with Gasteiger partial charge in [-0.15, -0.1) is 0 Å². The molecule has 2 amide bonds. The second-order valence-corrected chi connectivity index (χ2v) is 9.52. The fourth-order valence-electron chi connectivity index (χ4n) is 3.70. The Morgan fingerprint density at radius 2 is 1.97 bits per heavy atom. The number of nitrogens with zero attached hydrogens (tertiary/aromatic N) is 2. The van der Waals surface area contributed by atoms with Crippen LogP contribution in [0.25, 0.3) is 0 Å². The van der Waals surface area contributed by atoms with Crippen molar-refractivity contribution in [2.45, 2.75) is 44.0 Å². The van der Waals surface area contributed by atoms with Crippen LogP contribution in [0.15, 0.2) is 45.9 Å². The van der Waals surface area contributed by atoms with Gasteiger partial charge < -0.3 is 14.6 Å². The van der Waals surface area contributed by atoms with Gasteiger partial charge in [0.2, 0.25) is 15.9 Å². The first-order chi connectivity index (χ1) is 14.8. The lowest BCUT2D eigenvalue weighted by Crippen LogP contribution is -2.49. The van der Waals surface area contributed by atoms with Crippen LogP contribution in [0.3, 0.4) is 0 Å². The zero-order valence-corrected chi connectivity index (χ0v) is 19.1. The maximum atomic E-state index is 13.0. The lowest BCUT2D eigenvalue weighted by Gasteiger charge is -2.34. The third kappa shape index (κ3) is 4.94. The minimum atomic E-state index is -3.80. The maximum Gasteiger partial charge on any atom is 0.290 e. The zero-order chi connectivity index (χ0) is 22.6. The van der Waals surface area contributed by atoms with E-state index in [9.17, 15) is 18.0 Å². The molecule has 8 nitrogen and oxygen atoms in total. The summed E-state index contributed by atoms with van der Waals surface area (Å²) >= 11 is 6.16. The maximum absolute atomic E-state index is 13.0. The van der Waals surface area contributed by atoms with Crippen LogP contribution in [0.5, 0.6) is 0 Å². The summed E-state index contributed by atoms with van der Waals surface area (Å²) in [5, 5.41) is 2.83. The van der Waals surface area contributed by atoms with Gasteiger partial charge in [-0.1, -0.05) is 25.4 Å². The van der Waals surface area contributed by atoms with Crippen molar-refractivity contribution < 1.29 is 22.4 Å². The molecule has 0 aliphatic carbocycles. The van der Waals surface area contributed by atoms with E-state index in [-0.39, 0.29) is 27.5 Å². The van der Waals surface area contributed by atoms with E-state index in [0.29, 0.717) is 31.7 Å². The average molecular weight is 468 g/mol. The molecule has 0 spiro atoms. The van der Waals surface area contributed by atoms with Crippen molar-refractivity contribution in [2.24, 2.45) is 0 Å². The number of anilines is 1. The Labute approximate surface area is 187 Å². The highest BCUT2D eigenvalue weighted by atomic mass is 35.5. The Morgan fingerprint density at radius 1 is 1.23 bits per heavy atom. The fraction of sp³-hybridized carbons (Fsp3) is 0.429. The number of hydrogen-bond donors (Lipinski definition) is 1. The zero-order valence-electron chi connectivity index (χ0n) is 17.5. The van der Waals surface area contributed by atoms with E-state index in [2.05, 4.69) is 5.32 Å². The number of benzene rings is 1. The molecule has 0 radical (unpaired) electrons. The lowest BCUT2D eigenvalue weighted by molar-refractivity contribution is -0.121. The van der Waals surface area contributed by atoms with E-state index in [4.69, 9.17) is 16.0 Å². The summed E-state index contributed by atoms with van der Waals surface area (Å²) < 4.78 is 32.3. The van der Waals surface area contributed by atoms with Gasteiger partial charge in [0, 0.05) is 25.3 Å². The quantitative estimate of drug-likeness (QED) is 0.670. The highest BCUT2D eigenvalue weighted by Crippen LogP contribution is 2.28. The Kier molecular flexibility index (Phi) is 7.40.